The molecule has 0 saturated carbocycles. The Morgan fingerprint density at radius 2 is 2.12 bits per heavy atom. The molecule has 1 aromatic heterocycles. The van der Waals surface area contributed by atoms with Crippen LogP contribution in [0.3, 0.4) is 0 Å². The maximum absolute atomic E-state index is 14.3. The van der Waals surface area contributed by atoms with E-state index in [0.717, 1.165) is 42.3 Å². The van der Waals surface area contributed by atoms with Gasteiger partial charge in [0.15, 0.2) is 11.6 Å². The molecule has 2 heterocycles. The Bertz CT molecular complexity index is 1130. The topological polar surface area (TPSA) is 71.3 Å². The third-order valence-corrected chi connectivity index (χ3v) is 6.42. The highest BCUT2D eigenvalue weighted by molar-refractivity contribution is 5.95. The zero-order valence-corrected chi connectivity index (χ0v) is 18.5. The van der Waals surface area contributed by atoms with E-state index in [-0.39, 0.29) is 23.7 Å². The SMILES string of the molecule is CCCN([C@H]1COc2c(F)ccc(C(N)=O)c2C1)[C@H](C)CCc1c[nH]c2ccc(F)cc12. The van der Waals surface area contributed by atoms with Crippen LogP contribution in [0.1, 0.15) is 48.2 Å². The molecule has 0 aliphatic carbocycles. The number of ether oxygens (including phenoxy) is 1. The summed E-state index contributed by atoms with van der Waals surface area (Å²) in [5.74, 6) is -1.14. The molecule has 2 aromatic carbocycles. The lowest BCUT2D eigenvalue weighted by atomic mass is 9.94. The van der Waals surface area contributed by atoms with Gasteiger partial charge in [0.1, 0.15) is 12.4 Å². The van der Waals surface area contributed by atoms with E-state index in [4.69, 9.17) is 10.5 Å². The summed E-state index contributed by atoms with van der Waals surface area (Å²) in [6, 6.07) is 7.68. The van der Waals surface area contributed by atoms with Crippen LogP contribution in [-0.2, 0) is 12.8 Å². The first kappa shape index (κ1) is 22.3. The van der Waals surface area contributed by atoms with Crippen LogP contribution in [0.2, 0.25) is 0 Å². The largest absolute Gasteiger partial charge is 0.489 e. The number of aromatic nitrogens is 1. The van der Waals surface area contributed by atoms with Gasteiger partial charge in [-0.2, -0.15) is 0 Å². The van der Waals surface area contributed by atoms with Crippen molar-refractivity contribution in [1.29, 1.82) is 0 Å². The molecule has 1 aliphatic heterocycles. The van der Waals surface area contributed by atoms with Gasteiger partial charge in [0.25, 0.3) is 0 Å². The number of benzene rings is 2. The first-order valence-electron chi connectivity index (χ1n) is 11.1. The summed E-state index contributed by atoms with van der Waals surface area (Å²) in [4.78, 5) is 17.5. The third-order valence-electron chi connectivity index (χ3n) is 6.42. The molecule has 0 radical (unpaired) electrons. The van der Waals surface area contributed by atoms with Gasteiger partial charge in [-0.15, -0.1) is 0 Å². The average molecular weight is 442 g/mol. The standard InChI is InChI=1S/C25H29F2N3O2/c1-3-10-30(15(2)4-5-16-13-29-23-9-6-17(26)11-20(16)23)18-12-21-19(25(28)31)7-8-22(27)24(21)32-14-18/h6-9,11,13,15,18,29H,3-5,10,12,14H2,1-2H3,(H2,28,31)/t15-,18-/m1/s1. The summed E-state index contributed by atoms with van der Waals surface area (Å²) in [5.41, 5.74) is 8.41. The van der Waals surface area contributed by atoms with Gasteiger partial charge < -0.3 is 15.5 Å². The molecule has 0 saturated heterocycles. The minimum Gasteiger partial charge on any atom is -0.489 e. The Hall–Kier alpha value is -2.93. The number of carbonyl (C=O) groups is 1. The van der Waals surface area contributed by atoms with Crippen LogP contribution in [0.4, 0.5) is 8.78 Å². The van der Waals surface area contributed by atoms with Crippen molar-refractivity contribution in [2.45, 2.75) is 51.6 Å². The van der Waals surface area contributed by atoms with Crippen molar-refractivity contribution >= 4 is 16.8 Å². The molecule has 0 fully saturated rings. The lowest BCUT2D eigenvalue weighted by Crippen LogP contribution is -2.48. The van der Waals surface area contributed by atoms with Crippen molar-refractivity contribution in [1.82, 2.24) is 9.88 Å². The van der Waals surface area contributed by atoms with Crippen LogP contribution in [-0.4, -0.2) is 41.0 Å². The maximum Gasteiger partial charge on any atom is 0.249 e. The molecule has 0 unspecified atom stereocenters. The van der Waals surface area contributed by atoms with E-state index in [1.165, 1.54) is 18.2 Å². The summed E-state index contributed by atoms with van der Waals surface area (Å²) >= 11 is 0. The molecule has 170 valence electrons. The molecule has 4 rings (SSSR count). The van der Waals surface area contributed by atoms with Crippen LogP contribution in [0, 0.1) is 11.6 Å². The highest BCUT2D eigenvalue weighted by Crippen LogP contribution is 2.33. The van der Waals surface area contributed by atoms with Crippen molar-refractivity contribution in [2.75, 3.05) is 13.2 Å². The fraction of sp³-hybridized carbons (Fsp3) is 0.400. The second-order valence-electron chi connectivity index (χ2n) is 8.57. The van der Waals surface area contributed by atoms with E-state index < -0.39 is 11.7 Å². The molecular weight excluding hydrogens is 412 g/mol. The number of rotatable bonds is 8. The Balaban J connectivity index is 1.51. The van der Waals surface area contributed by atoms with Crippen LogP contribution in [0.5, 0.6) is 5.75 Å². The molecule has 1 aliphatic rings. The zero-order chi connectivity index (χ0) is 22.8. The predicted molar refractivity (Wildman–Crippen MR) is 121 cm³/mol. The molecule has 5 nitrogen and oxygen atoms in total. The third kappa shape index (κ3) is 4.35. The van der Waals surface area contributed by atoms with Crippen LogP contribution in [0.15, 0.2) is 36.5 Å². The molecular formula is C25H29F2N3O2. The van der Waals surface area contributed by atoms with Crippen molar-refractivity contribution < 1.29 is 18.3 Å². The fourth-order valence-electron chi connectivity index (χ4n) is 4.78. The van der Waals surface area contributed by atoms with Crippen LogP contribution < -0.4 is 10.5 Å². The summed E-state index contributed by atoms with van der Waals surface area (Å²) in [7, 11) is 0. The number of aryl methyl sites for hydroxylation is 1. The number of nitrogens with two attached hydrogens (primary N) is 1. The minimum absolute atomic E-state index is 0.0118. The van der Waals surface area contributed by atoms with Crippen molar-refractivity contribution in [3.8, 4) is 5.75 Å². The number of nitrogens with one attached hydrogen (secondary N) is 1. The number of fused-ring (bicyclic) bond motifs is 2. The second kappa shape index (κ2) is 9.28. The quantitative estimate of drug-likeness (QED) is 0.537. The Kier molecular flexibility index (Phi) is 6.46. The molecule has 0 bridgehead atoms. The number of hydrogen-bond donors (Lipinski definition) is 2. The average Bonchev–Trinajstić information content (AvgIpc) is 3.17. The van der Waals surface area contributed by atoms with Gasteiger partial charge in [-0.3, -0.25) is 9.69 Å². The Morgan fingerprint density at radius 1 is 1.31 bits per heavy atom. The molecule has 0 spiro atoms. The van der Waals surface area contributed by atoms with E-state index in [9.17, 15) is 13.6 Å². The minimum atomic E-state index is -0.577. The Morgan fingerprint density at radius 3 is 2.88 bits per heavy atom. The summed E-state index contributed by atoms with van der Waals surface area (Å²) in [6.07, 6.45) is 5.09. The van der Waals surface area contributed by atoms with Crippen LogP contribution in [0.25, 0.3) is 10.9 Å². The predicted octanol–water partition coefficient (Wildman–Crippen LogP) is 4.58. The number of aromatic amines is 1. The zero-order valence-electron chi connectivity index (χ0n) is 18.5. The van der Waals surface area contributed by atoms with E-state index in [1.54, 1.807) is 12.1 Å². The van der Waals surface area contributed by atoms with Gasteiger partial charge in [-0.25, -0.2) is 8.78 Å². The molecule has 2 atom stereocenters. The van der Waals surface area contributed by atoms with Gasteiger partial charge in [-0.1, -0.05) is 6.92 Å². The number of hydrogen-bond acceptors (Lipinski definition) is 3. The number of nitrogens with zero attached hydrogens (tertiary/aromatic N) is 1. The van der Waals surface area contributed by atoms with E-state index >= 15 is 0 Å². The monoisotopic (exact) mass is 441 g/mol. The second-order valence-corrected chi connectivity index (χ2v) is 8.57. The smallest absolute Gasteiger partial charge is 0.249 e. The van der Waals surface area contributed by atoms with E-state index in [0.29, 0.717) is 24.2 Å². The van der Waals surface area contributed by atoms with Gasteiger partial charge in [-0.05, 0) is 75.0 Å². The maximum atomic E-state index is 14.3. The first-order chi connectivity index (χ1) is 15.4. The van der Waals surface area contributed by atoms with Gasteiger partial charge in [0.05, 0.1) is 0 Å². The number of halogens is 2. The number of primary amides is 1. The van der Waals surface area contributed by atoms with Crippen molar-refractivity contribution in [3.63, 3.8) is 0 Å². The molecule has 3 N–H and O–H groups in total. The lowest BCUT2D eigenvalue weighted by Gasteiger charge is -2.39. The van der Waals surface area contributed by atoms with Crippen molar-refractivity contribution in [3.05, 3.63) is 64.9 Å². The summed E-state index contributed by atoms with van der Waals surface area (Å²) in [6.45, 7) is 5.50. The van der Waals surface area contributed by atoms with Gasteiger partial charge >= 0.3 is 0 Å². The summed E-state index contributed by atoms with van der Waals surface area (Å²) in [5, 5.41) is 0.913. The van der Waals surface area contributed by atoms with Gasteiger partial charge in [0, 0.05) is 40.3 Å². The highest BCUT2D eigenvalue weighted by atomic mass is 19.1. The molecule has 1 amide bonds. The van der Waals surface area contributed by atoms with Crippen LogP contribution >= 0.6 is 0 Å². The number of amides is 1. The molecule has 3 aromatic rings. The fourth-order valence-corrected chi connectivity index (χ4v) is 4.78. The van der Waals surface area contributed by atoms with E-state index in [1.807, 2.05) is 6.20 Å². The highest BCUT2D eigenvalue weighted by Gasteiger charge is 2.32. The van der Waals surface area contributed by atoms with Crippen molar-refractivity contribution in [2.24, 2.45) is 5.73 Å². The normalized spacial score (nSPS) is 16.7. The Labute approximate surface area is 186 Å². The lowest BCUT2D eigenvalue weighted by molar-refractivity contribution is 0.0794. The summed E-state index contributed by atoms with van der Waals surface area (Å²) < 4.78 is 33.8. The van der Waals surface area contributed by atoms with Gasteiger partial charge in [0.2, 0.25) is 5.91 Å². The number of H-pyrrole nitrogens is 1. The first-order valence-corrected chi connectivity index (χ1v) is 11.1. The number of carbonyl (C=O) groups excluding carboxylic acids is 1. The van der Waals surface area contributed by atoms with E-state index in [2.05, 4.69) is 23.7 Å². The molecule has 7 heteroatoms. The molecule has 32 heavy (non-hydrogen) atoms.